The lowest BCUT2D eigenvalue weighted by Gasteiger charge is -2.11. The lowest BCUT2D eigenvalue weighted by Crippen LogP contribution is -2.35. The number of nitrogens with one attached hydrogen (secondary N) is 2. The minimum Gasteiger partial charge on any atom is -0.495 e. The van der Waals surface area contributed by atoms with Crippen molar-refractivity contribution < 1.29 is 23.9 Å². The van der Waals surface area contributed by atoms with E-state index in [2.05, 4.69) is 26.6 Å². The molecule has 0 heterocycles. The number of methoxy groups -OCH3 is 1. The lowest BCUT2D eigenvalue weighted by atomic mass is 10.2. The molecule has 0 aromatic heterocycles. The Hall–Kier alpha value is -2.58. The van der Waals surface area contributed by atoms with E-state index >= 15 is 0 Å². The maximum absolute atomic E-state index is 12.0. The number of carbonyl (C=O) groups is 3. The second-order valence-electron chi connectivity index (χ2n) is 5.73. The molecule has 0 fully saturated rings. The first kappa shape index (κ1) is 21.7. The van der Waals surface area contributed by atoms with Gasteiger partial charge in [-0.05, 0) is 42.8 Å². The Morgan fingerprint density at radius 1 is 1.11 bits per heavy atom. The van der Waals surface area contributed by atoms with Crippen molar-refractivity contribution in [3.8, 4) is 5.75 Å². The molecule has 28 heavy (non-hydrogen) atoms. The predicted octanol–water partition coefficient (Wildman–Crippen LogP) is 3.33. The Morgan fingerprint density at radius 3 is 2.57 bits per heavy atom. The number of hydrogen-bond donors (Lipinski definition) is 2. The molecular formula is C19H18BrClN2O5. The van der Waals surface area contributed by atoms with Gasteiger partial charge in [0.15, 0.2) is 6.61 Å². The van der Waals surface area contributed by atoms with E-state index in [1.807, 2.05) is 13.0 Å². The number of carbonyl (C=O) groups excluding carboxylic acids is 3. The molecule has 9 heteroatoms. The highest BCUT2D eigenvalue weighted by Gasteiger charge is 2.15. The summed E-state index contributed by atoms with van der Waals surface area (Å²) in [7, 11) is 1.49. The minimum atomic E-state index is -0.740. The van der Waals surface area contributed by atoms with Gasteiger partial charge < -0.3 is 20.1 Å². The van der Waals surface area contributed by atoms with Crippen LogP contribution in [0.3, 0.4) is 0 Å². The zero-order valence-electron chi connectivity index (χ0n) is 15.2. The zero-order chi connectivity index (χ0) is 20.7. The van der Waals surface area contributed by atoms with Crippen molar-refractivity contribution in [1.29, 1.82) is 0 Å². The second kappa shape index (κ2) is 10.1. The highest BCUT2D eigenvalue weighted by Crippen LogP contribution is 2.25. The molecule has 2 amide bonds. The van der Waals surface area contributed by atoms with Crippen LogP contribution in [0.1, 0.15) is 15.9 Å². The third-order valence-electron chi connectivity index (χ3n) is 3.56. The lowest BCUT2D eigenvalue weighted by molar-refractivity contribution is -0.126. The van der Waals surface area contributed by atoms with Crippen LogP contribution in [0.2, 0.25) is 5.02 Å². The molecule has 0 aliphatic rings. The smallest absolute Gasteiger partial charge is 0.340 e. The largest absolute Gasteiger partial charge is 0.495 e. The van der Waals surface area contributed by atoms with Crippen LogP contribution in [0.15, 0.2) is 40.9 Å². The molecule has 2 rings (SSSR count). The topological polar surface area (TPSA) is 93.7 Å². The van der Waals surface area contributed by atoms with Crippen LogP contribution in [0.25, 0.3) is 0 Å². The molecule has 0 unspecified atom stereocenters. The fourth-order valence-electron chi connectivity index (χ4n) is 2.21. The summed E-state index contributed by atoms with van der Waals surface area (Å²) in [6, 6.07) is 10.0. The van der Waals surface area contributed by atoms with Crippen molar-refractivity contribution in [3.05, 3.63) is 57.0 Å². The van der Waals surface area contributed by atoms with Crippen molar-refractivity contribution in [2.45, 2.75) is 6.92 Å². The summed E-state index contributed by atoms with van der Waals surface area (Å²) in [5.41, 5.74) is 1.57. The molecule has 2 N–H and O–H groups in total. The molecule has 148 valence electrons. The highest BCUT2D eigenvalue weighted by atomic mass is 79.9. The van der Waals surface area contributed by atoms with Crippen LogP contribution in [-0.4, -0.2) is 38.0 Å². The Bertz CT molecular complexity index is 904. The number of aryl methyl sites for hydroxylation is 1. The summed E-state index contributed by atoms with van der Waals surface area (Å²) < 4.78 is 10.7. The van der Waals surface area contributed by atoms with Crippen molar-refractivity contribution in [2.75, 3.05) is 25.6 Å². The van der Waals surface area contributed by atoms with Crippen molar-refractivity contribution in [3.63, 3.8) is 0 Å². The van der Waals surface area contributed by atoms with Gasteiger partial charge in [-0.1, -0.05) is 33.6 Å². The standard InChI is InChI=1S/C19H18BrClN2O5/c1-11-3-6-16(27-2)15(7-11)23-17(24)9-22-18(25)10-28-19(26)13-8-12(20)4-5-14(13)21/h3-8H,9-10H2,1-2H3,(H,22,25)(H,23,24). The number of rotatable bonds is 7. The highest BCUT2D eigenvalue weighted by molar-refractivity contribution is 9.10. The minimum absolute atomic E-state index is 0.133. The molecule has 0 spiro atoms. The molecule has 2 aromatic carbocycles. The van der Waals surface area contributed by atoms with Crippen LogP contribution in [0.4, 0.5) is 5.69 Å². The van der Waals surface area contributed by atoms with Gasteiger partial charge in [0.25, 0.3) is 5.91 Å². The van der Waals surface area contributed by atoms with Gasteiger partial charge in [-0.3, -0.25) is 9.59 Å². The summed E-state index contributed by atoms with van der Waals surface area (Å²) in [4.78, 5) is 35.9. The van der Waals surface area contributed by atoms with Gasteiger partial charge in [-0.25, -0.2) is 4.79 Å². The normalized spacial score (nSPS) is 10.1. The molecule has 0 radical (unpaired) electrons. The van der Waals surface area contributed by atoms with Crippen molar-refractivity contribution in [1.82, 2.24) is 5.32 Å². The number of halogens is 2. The van der Waals surface area contributed by atoms with E-state index in [1.54, 1.807) is 18.2 Å². The maximum atomic E-state index is 12.0. The van der Waals surface area contributed by atoms with Crippen LogP contribution >= 0.6 is 27.5 Å². The van der Waals surface area contributed by atoms with Crippen molar-refractivity contribution >= 4 is 51.0 Å². The monoisotopic (exact) mass is 468 g/mol. The summed E-state index contributed by atoms with van der Waals surface area (Å²) in [5.74, 6) is -1.30. The fraction of sp³-hybridized carbons (Fsp3) is 0.211. The van der Waals surface area contributed by atoms with E-state index < -0.39 is 24.4 Å². The van der Waals surface area contributed by atoms with Crippen LogP contribution < -0.4 is 15.4 Å². The average Bonchev–Trinajstić information content (AvgIpc) is 2.66. The first-order valence-corrected chi connectivity index (χ1v) is 9.30. The SMILES string of the molecule is COc1ccc(C)cc1NC(=O)CNC(=O)COC(=O)c1cc(Br)ccc1Cl. The van der Waals surface area contributed by atoms with Gasteiger partial charge in [-0.15, -0.1) is 0 Å². The number of ether oxygens (including phenoxy) is 2. The Morgan fingerprint density at radius 2 is 1.86 bits per heavy atom. The summed E-state index contributed by atoms with van der Waals surface area (Å²) in [6.07, 6.45) is 0. The van der Waals surface area contributed by atoms with Gasteiger partial charge >= 0.3 is 5.97 Å². The van der Waals surface area contributed by atoms with Crippen molar-refractivity contribution in [2.24, 2.45) is 0 Å². The molecule has 0 saturated heterocycles. The molecule has 0 aliphatic carbocycles. The van der Waals surface area contributed by atoms with Gasteiger partial charge in [0.1, 0.15) is 5.75 Å². The molecule has 7 nitrogen and oxygen atoms in total. The first-order chi connectivity index (χ1) is 13.3. The first-order valence-electron chi connectivity index (χ1n) is 8.13. The molecule has 0 aliphatic heterocycles. The van der Waals surface area contributed by atoms with E-state index in [-0.39, 0.29) is 17.1 Å². The summed E-state index contributed by atoms with van der Waals surface area (Å²) in [6.45, 7) is 1.05. The zero-order valence-corrected chi connectivity index (χ0v) is 17.5. The van der Waals surface area contributed by atoms with E-state index in [0.717, 1.165) is 5.56 Å². The number of benzene rings is 2. The number of anilines is 1. The average molecular weight is 470 g/mol. The van der Waals surface area contributed by atoms with Crippen LogP contribution in [0.5, 0.6) is 5.75 Å². The van der Waals surface area contributed by atoms with Crippen LogP contribution in [-0.2, 0) is 14.3 Å². The summed E-state index contributed by atoms with van der Waals surface area (Å²) >= 11 is 9.16. The Labute approximate surface area is 175 Å². The third kappa shape index (κ3) is 6.24. The van der Waals surface area contributed by atoms with E-state index in [9.17, 15) is 14.4 Å². The number of amides is 2. The van der Waals surface area contributed by atoms with Gasteiger partial charge in [0, 0.05) is 4.47 Å². The maximum Gasteiger partial charge on any atom is 0.340 e. The van der Waals surface area contributed by atoms with Gasteiger partial charge in [-0.2, -0.15) is 0 Å². The van der Waals surface area contributed by atoms with E-state index in [4.69, 9.17) is 21.1 Å². The molecular weight excluding hydrogens is 452 g/mol. The van der Waals surface area contributed by atoms with Crippen LogP contribution in [0, 0.1) is 6.92 Å². The molecule has 0 saturated carbocycles. The number of esters is 1. The number of hydrogen-bond acceptors (Lipinski definition) is 5. The predicted molar refractivity (Wildman–Crippen MR) is 109 cm³/mol. The summed E-state index contributed by atoms with van der Waals surface area (Å²) in [5, 5.41) is 5.24. The van der Waals surface area contributed by atoms with Gasteiger partial charge in [0.05, 0.1) is 29.9 Å². The Kier molecular flexibility index (Phi) is 7.83. The van der Waals surface area contributed by atoms with E-state index in [1.165, 1.54) is 19.2 Å². The Balaban J connectivity index is 1.82. The fourth-order valence-corrected chi connectivity index (χ4v) is 2.76. The third-order valence-corrected chi connectivity index (χ3v) is 4.38. The van der Waals surface area contributed by atoms with E-state index in [0.29, 0.717) is 15.9 Å². The second-order valence-corrected chi connectivity index (χ2v) is 7.05. The molecule has 0 atom stereocenters. The molecule has 2 aromatic rings. The molecule has 0 bridgehead atoms. The quantitative estimate of drug-likeness (QED) is 0.607. The van der Waals surface area contributed by atoms with Gasteiger partial charge in [0.2, 0.25) is 5.91 Å².